The molecule has 19 heavy (non-hydrogen) atoms. The zero-order chi connectivity index (χ0) is 14.4. The standard InChI is InChI=1S/C14H15BrFNO2/c1-8-4-9(16)5-10-11(8)17(13(19)12(10)18)7-14(2,3)6-15/h4-5H,6-7H2,1-3H3. The number of benzene rings is 1. The molecule has 0 saturated carbocycles. The molecule has 1 aromatic rings. The van der Waals surface area contributed by atoms with Gasteiger partial charge in [0.1, 0.15) is 5.82 Å². The minimum absolute atomic E-state index is 0.168. The van der Waals surface area contributed by atoms with E-state index < -0.39 is 17.5 Å². The van der Waals surface area contributed by atoms with Gasteiger partial charge in [0.05, 0.1) is 11.3 Å². The molecule has 0 fully saturated rings. The van der Waals surface area contributed by atoms with Crippen LogP contribution in [0.2, 0.25) is 0 Å². The first-order valence-electron chi connectivity index (χ1n) is 5.99. The van der Waals surface area contributed by atoms with Crippen LogP contribution in [0.4, 0.5) is 10.1 Å². The Labute approximate surface area is 119 Å². The number of halogens is 2. The van der Waals surface area contributed by atoms with Crippen LogP contribution in [0.3, 0.4) is 0 Å². The number of aryl methyl sites for hydroxylation is 1. The van der Waals surface area contributed by atoms with Gasteiger partial charge in [0.25, 0.3) is 11.7 Å². The largest absolute Gasteiger partial charge is 0.304 e. The lowest BCUT2D eigenvalue weighted by molar-refractivity contribution is -0.114. The van der Waals surface area contributed by atoms with Crippen LogP contribution in [0.25, 0.3) is 0 Å². The average molecular weight is 328 g/mol. The van der Waals surface area contributed by atoms with Crippen LogP contribution in [-0.4, -0.2) is 23.6 Å². The van der Waals surface area contributed by atoms with Gasteiger partial charge in [-0.05, 0) is 30.0 Å². The Morgan fingerprint density at radius 1 is 1.32 bits per heavy atom. The Morgan fingerprint density at radius 2 is 1.95 bits per heavy atom. The Morgan fingerprint density at radius 3 is 2.53 bits per heavy atom. The SMILES string of the molecule is Cc1cc(F)cc2c1N(CC(C)(C)CBr)C(=O)C2=O. The van der Waals surface area contributed by atoms with Crippen molar-refractivity contribution in [1.82, 2.24) is 0 Å². The Balaban J connectivity index is 2.50. The third-order valence-electron chi connectivity index (χ3n) is 3.17. The number of hydrogen-bond donors (Lipinski definition) is 0. The van der Waals surface area contributed by atoms with Gasteiger partial charge in [0, 0.05) is 11.9 Å². The molecule has 1 heterocycles. The molecule has 1 aromatic carbocycles. The maximum atomic E-state index is 13.4. The minimum atomic E-state index is -0.622. The predicted molar refractivity (Wildman–Crippen MR) is 75.4 cm³/mol. The number of nitrogens with zero attached hydrogens (tertiary/aromatic N) is 1. The van der Waals surface area contributed by atoms with Crippen molar-refractivity contribution in [3.05, 3.63) is 29.1 Å². The van der Waals surface area contributed by atoms with Gasteiger partial charge in [0.2, 0.25) is 0 Å². The van der Waals surface area contributed by atoms with E-state index in [2.05, 4.69) is 15.9 Å². The van der Waals surface area contributed by atoms with Crippen molar-refractivity contribution in [2.45, 2.75) is 20.8 Å². The van der Waals surface area contributed by atoms with Gasteiger partial charge in [-0.3, -0.25) is 9.59 Å². The first kappa shape index (κ1) is 14.2. The quantitative estimate of drug-likeness (QED) is 0.632. The van der Waals surface area contributed by atoms with Crippen LogP contribution < -0.4 is 4.90 Å². The second kappa shape index (κ2) is 4.71. The summed E-state index contributed by atoms with van der Waals surface area (Å²) in [4.78, 5) is 25.4. The summed E-state index contributed by atoms with van der Waals surface area (Å²) in [6.45, 7) is 6.12. The van der Waals surface area contributed by atoms with E-state index in [1.54, 1.807) is 6.92 Å². The van der Waals surface area contributed by atoms with E-state index in [0.717, 1.165) is 6.07 Å². The van der Waals surface area contributed by atoms with Crippen LogP contribution >= 0.6 is 15.9 Å². The first-order valence-corrected chi connectivity index (χ1v) is 7.11. The topological polar surface area (TPSA) is 37.4 Å². The molecule has 0 saturated heterocycles. The molecule has 3 nitrogen and oxygen atoms in total. The Bertz CT molecular complexity index is 569. The zero-order valence-corrected chi connectivity index (χ0v) is 12.7. The van der Waals surface area contributed by atoms with Crippen molar-refractivity contribution in [2.24, 2.45) is 5.41 Å². The summed E-state index contributed by atoms with van der Waals surface area (Å²) in [6, 6.07) is 2.49. The molecular weight excluding hydrogens is 313 g/mol. The fourth-order valence-electron chi connectivity index (χ4n) is 2.23. The number of fused-ring (bicyclic) bond motifs is 1. The third kappa shape index (κ3) is 2.43. The molecule has 2 rings (SSSR count). The zero-order valence-electron chi connectivity index (χ0n) is 11.1. The predicted octanol–water partition coefficient (Wildman–Crippen LogP) is 3.08. The number of ketones is 1. The molecule has 5 heteroatoms. The van der Waals surface area contributed by atoms with Crippen LogP contribution in [-0.2, 0) is 4.79 Å². The molecule has 0 aromatic heterocycles. The molecule has 102 valence electrons. The summed E-state index contributed by atoms with van der Waals surface area (Å²) in [7, 11) is 0. The number of anilines is 1. The van der Waals surface area contributed by atoms with Crippen molar-refractivity contribution in [3.63, 3.8) is 0 Å². The maximum Gasteiger partial charge on any atom is 0.299 e. The highest BCUT2D eigenvalue weighted by atomic mass is 79.9. The van der Waals surface area contributed by atoms with E-state index in [1.165, 1.54) is 11.0 Å². The van der Waals surface area contributed by atoms with Gasteiger partial charge >= 0.3 is 0 Å². The highest BCUT2D eigenvalue weighted by molar-refractivity contribution is 9.09. The highest BCUT2D eigenvalue weighted by Crippen LogP contribution is 2.35. The van der Waals surface area contributed by atoms with Crippen molar-refractivity contribution in [3.8, 4) is 0 Å². The lowest BCUT2D eigenvalue weighted by Gasteiger charge is -2.29. The molecule has 0 unspecified atom stereocenters. The molecule has 0 radical (unpaired) electrons. The van der Waals surface area contributed by atoms with Gasteiger partial charge < -0.3 is 4.90 Å². The van der Waals surface area contributed by atoms with Crippen LogP contribution in [0, 0.1) is 18.2 Å². The van der Waals surface area contributed by atoms with Crippen LogP contribution in [0.15, 0.2) is 12.1 Å². The Kier molecular flexibility index (Phi) is 3.51. The van der Waals surface area contributed by atoms with Crippen molar-refractivity contribution >= 4 is 33.3 Å². The number of Topliss-reactive ketones (excluding diaryl/α,β-unsaturated/α-hetero) is 1. The lowest BCUT2D eigenvalue weighted by Crippen LogP contribution is -2.39. The number of amides is 1. The van der Waals surface area contributed by atoms with E-state index in [0.29, 0.717) is 23.1 Å². The molecular formula is C14H15BrFNO2. The average Bonchev–Trinajstić information content (AvgIpc) is 2.54. The molecule has 0 atom stereocenters. The van der Waals surface area contributed by atoms with Crippen LogP contribution in [0.5, 0.6) is 0 Å². The summed E-state index contributed by atoms with van der Waals surface area (Å²) in [6.07, 6.45) is 0. The second-order valence-corrected chi connectivity index (χ2v) is 6.20. The smallest absolute Gasteiger partial charge is 0.299 e. The van der Waals surface area contributed by atoms with Gasteiger partial charge in [-0.1, -0.05) is 29.8 Å². The lowest BCUT2D eigenvalue weighted by atomic mass is 9.95. The molecule has 0 bridgehead atoms. The molecule has 0 spiro atoms. The summed E-state index contributed by atoms with van der Waals surface area (Å²) in [5, 5.41) is 0.702. The number of carbonyl (C=O) groups excluding carboxylic acids is 2. The number of rotatable bonds is 3. The van der Waals surface area contributed by atoms with Gasteiger partial charge in [0.15, 0.2) is 0 Å². The van der Waals surface area contributed by atoms with Crippen molar-refractivity contribution < 1.29 is 14.0 Å². The number of alkyl halides is 1. The maximum absolute atomic E-state index is 13.4. The molecule has 1 aliphatic heterocycles. The van der Waals surface area contributed by atoms with Gasteiger partial charge in [-0.15, -0.1) is 0 Å². The van der Waals surface area contributed by atoms with Gasteiger partial charge in [-0.25, -0.2) is 4.39 Å². The summed E-state index contributed by atoms with van der Waals surface area (Å²) in [5.74, 6) is -1.68. The van der Waals surface area contributed by atoms with Crippen LogP contribution in [0.1, 0.15) is 29.8 Å². The molecule has 1 aliphatic rings. The minimum Gasteiger partial charge on any atom is -0.304 e. The van der Waals surface area contributed by atoms with E-state index >= 15 is 0 Å². The summed E-state index contributed by atoms with van der Waals surface area (Å²) >= 11 is 3.40. The number of carbonyl (C=O) groups is 2. The fraction of sp³-hybridized carbons (Fsp3) is 0.429. The first-order chi connectivity index (χ1) is 8.76. The van der Waals surface area contributed by atoms with E-state index in [1.807, 2.05) is 13.8 Å². The number of hydrogen-bond acceptors (Lipinski definition) is 2. The second-order valence-electron chi connectivity index (χ2n) is 5.64. The molecule has 0 aliphatic carbocycles. The van der Waals surface area contributed by atoms with Crippen molar-refractivity contribution in [2.75, 3.05) is 16.8 Å². The molecule has 1 amide bonds. The van der Waals surface area contributed by atoms with E-state index in [9.17, 15) is 14.0 Å². The fourth-order valence-corrected chi connectivity index (χ4v) is 2.40. The summed E-state index contributed by atoms with van der Waals surface area (Å²) in [5.41, 5.74) is 1.16. The highest BCUT2D eigenvalue weighted by Gasteiger charge is 2.39. The van der Waals surface area contributed by atoms with E-state index in [-0.39, 0.29) is 11.0 Å². The molecule has 0 N–H and O–H groups in total. The van der Waals surface area contributed by atoms with Crippen molar-refractivity contribution in [1.29, 1.82) is 0 Å². The summed E-state index contributed by atoms with van der Waals surface area (Å²) < 4.78 is 13.4. The normalized spacial score (nSPS) is 15.1. The van der Waals surface area contributed by atoms with E-state index in [4.69, 9.17) is 0 Å². The third-order valence-corrected chi connectivity index (χ3v) is 4.69. The van der Waals surface area contributed by atoms with Gasteiger partial charge in [-0.2, -0.15) is 0 Å². The monoisotopic (exact) mass is 327 g/mol. The Hall–Kier alpha value is -1.23.